The SMILES string of the molecule is [C-]#[N+]c1cc(Cl)cc2c1C[C@H](N1CCC[C@@H](NC(=O)OC(C)(C)C)C1)[C@H]2Oc1ccc(S(=O)(=O)NCCOCCOCCN)cc1. The first-order valence-electron chi connectivity index (χ1n) is 15.5. The number of hydrogen-bond donors (Lipinski definition) is 3. The van der Waals surface area contributed by atoms with Gasteiger partial charge in [-0.25, -0.2) is 22.8 Å². The van der Waals surface area contributed by atoms with Crippen LogP contribution in [0.25, 0.3) is 4.85 Å². The number of hydrogen-bond acceptors (Lipinski definition) is 9. The van der Waals surface area contributed by atoms with Crippen LogP contribution in [-0.2, 0) is 30.7 Å². The summed E-state index contributed by atoms with van der Waals surface area (Å²) in [5, 5.41) is 3.45. The quantitative estimate of drug-likeness (QED) is 0.198. The van der Waals surface area contributed by atoms with E-state index in [4.69, 9.17) is 42.9 Å². The zero-order valence-electron chi connectivity index (χ0n) is 26.6. The molecule has 4 N–H and O–H groups in total. The second-order valence-electron chi connectivity index (χ2n) is 12.3. The van der Waals surface area contributed by atoms with E-state index in [0.717, 1.165) is 30.5 Å². The van der Waals surface area contributed by atoms with Crippen LogP contribution in [0.2, 0.25) is 5.02 Å². The Morgan fingerprint density at radius 2 is 1.85 bits per heavy atom. The summed E-state index contributed by atoms with van der Waals surface area (Å²) in [5.74, 6) is 0.479. The molecule has 2 aliphatic rings. The Hall–Kier alpha value is -2.96. The van der Waals surface area contributed by atoms with Crippen LogP contribution in [0.5, 0.6) is 5.75 Å². The number of benzene rings is 2. The lowest BCUT2D eigenvalue weighted by Crippen LogP contribution is -2.53. The van der Waals surface area contributed by atoms with Gasteiger partial charge in [-0.15, -0.1) is 0 Å². The highest BCUT2D eigenvalue weighted by molar-refractivity contribution is 7.89. The second kappa shape index (κ2) is 16.2. The average molecular weight is 678 g/mol. The smallest absolute Gasteiger partial charge is 0.407 e. The van der Waals surface area contributed by atoms with Gasteiger partial charge in [-0.1, -0.05) is 11.6 Å². The third-order valence-corrected chi connectivity index (χ3v) is 9.32. The molecule has 252 valence electrons. The molecule has 1 heterocycles. The molecular weight excluding hydrogens is 634 g/mol. The predicted molar refractivity (Wildman–Crippen MR) is 175 cm³/mol. The predicted octanol–water partition coefficient (Wildman–Crippen LogP) is 4.19. The van der Waals surface area contributed by atoms with E-state index in [1.54, 1.807) is 18.2 Å². The summed E-state index contributed by atoms with van der Waals surface area (Å²) in [6.45, 7) is 16.6. The van der Waals surface area contributed by atoms with Crippen molar-refractivity contribution in [2.24, 2.45) is 5.73 Å². The monoisotopic (exact) mass is 677 g/mol. The van der Waals surface area contributed by atoms with Crippen molar-refractivity contribution in [3.63, 3.8) is 0 Å². The number of piperidine rings is 1. The molecule has 1 aliphatic carbocycles. The van der Waals surface area contributed by atoms with Crippen LogP contribution in [-0.4, -0.2) is 89.7 Å². The zero-order valence-corrected chi connectivity index (χ0v) is 28.2. The Morgan fingerprint density at radius 1 is 1.13 bits per heavy atom. The standard InChI is InChI=1S/C32H44ClN5O7S/c1-32(2,3)45-31(39)37-23-6-5-13-38(21-23)29-20-26-27(18-22(33)19-28(26)35-4)30(29)44-24-7-9-25(10-8-24)46(40,41)36-12-15-43-17-16-42-14-11-34/h7-10,18-19,23,29-30,36H,5-6,11-17,20-21,34H2,1-3H3,(H,37,39)/t23-,29+,30+/m1/s1. The lowest BCUT2D eigenvalue weighted by molar-refractivity contribution is 0.0362. The van der Waals surface area contributed by atoms with E-state index in [1.165, 1.54) is 12.1 Å². The first-order valence-corrected chi connectivity index (χ1v) is 17.3. The van der Waals surface area contributed by atoms with Gasteiger partial charge in [-0.2, -0.15) is 0 Å². The van der Waals surface area contributed by atoms with Gasteiger partial charge in [0, 0.05) is 30.7 Å². The van der Waals surface area contributed by atoms with E-state index in [0.29, 0.717) is 55.8 Å². The van der Waals surface area contributed by atoms with Crippen molar-refractivity contribution in [2.45, 2.75) is 68.7 Å². The summed E-state index contributed by atoms with van der Waals surface area (Å²) in [4.78, 5) is 18.6. The molecule has 1 aliphatic heterocycles. The molecule has 14 heteroatoms. The number of alkyl carbamates (subject to hydrolysis) is 1. The van der Waals surface area contributed by atoms with Gasteiger partial charge < -0.3 is 30.0 Å². The van der Waals surface area contributed by atoms with Crippen molar-refractivity contribution >= 4 is 33.4 Å². The molecule has 0 radical (unpaired) electrons. The molecule has 2 aromatic rings. The van der Waals surface area contributed by atoms with E-state index in [2.05, 4.69) is 19.8 Å². The van der Waals surface area contributed by atoms with E-state index >= 15 is 0 Å². The fraction of sp³-hybridized carbons (Fsp3) is 0.562. The molecule has 4 rings (SSSR count). The van der Waals surface area contributed by atoms with Gasteiger partial charge in [0.25, 0.3) is 0 Å². The topological polar surface area (TPSA) is 146 Å². The molecule has 1 fully saturated rings. The number of nitrogens with two attached hydrogens (primary N) is 1. The van der Waals surface area contributed by atoms with Gasteiger partial charge in [-0.3, -0.25) is 4.90 Å². The number of nitrogens with one attached hydrogen (secondary N) is 2. The number of carbonyl (C=O) groups is 1. The maximum Gasteiger partial charge on any atom is 0.407 e. The Kier molecular flexibility index (Phi) is 12.7. The Labute approximate surface area is 276 Å². The number of likely N-dealkylation sites (tertiary alicyclic amines) is 1. The van der Waals surface area contributed by atoms with E-state index in [9.17, 15) is 13.2 Å². The molecule has 1 amide bonds. The van der Waals surface area contributed by atoms with Crippen molar-refractivity contribution < 1.29 is 32.2 Å². The minimum Gasteiger partial charge on any atom is -0.484 e. The van der Waals surface area contributed by atoms with Crippen LogP contribution in [0.4, 0.5) is 10.5 Å². The van der Waals surface area contributed by atoms with Crippen LogP contribution in [0.3, 0.4) is 0 Å². The molecule has 46 heavy (non-hydrogen) atoms. The molecule has 1 saturated heterocycles. The highest BCUT2D eigenvalue weighted by Gasteiger charge is 2.41. The second-order valence-corrected chi connectivity index (χ2v) is 14.5. The average Bonchev–Trinajstić information content (AvgIpc) is 3.35. The first-order chi connectivity index (χ1) is 21.9. The molecule has 0 unspecified atom stereocenters. The number of sulfonamides is 1. The lowest BCUT2D eigenvalue weighted by atomic mass is 10.0. The molecular formula is C32H44ClN5O7S. The summed E-state index contributed by atoms with van der Waals surface area (Å²) in [6, 6.07) is 9.50. The van der Waals surface area contributed by atoms with Gasteiger partial charge in [0.2, 0.25) is 10.0 Å². The summed E-state index contributed by atoms with van der Waals surface area (Å²) < 4.78 is 50.9. The van der Waals surface area contributed by atoms with E-state index < -0.39 is 27.8 Å². The number of fused-ring (bicyclic) bond motifs is 1. The molecule has 3 atom stereocenters. The maximum atomic E-state index is 12.8. The normalized spacial score (nSPS) is 20.1. The van der Waals surface area contributed by atoms with Crippen LogP contribution >= 0.6 is 11.6 Å². The van der Waals surface area contributed by atoms with Crippen molar-refractivity contribution in [2.75, 3.05) is 52.6 Å². The largest absolute Gasteiger partial charge is 0.484 e. The summed E-state index contributed by atoms with van der Waals surface area (Å²) in [5.41, 5.74) is 6.97. The molecule has 0 spiro atoms. The van der Waals surface area contributed by atoms with Crippen molar-refractivity contribution in [1.82, 2.24) is 14.9 Å². The maximum absolute atomic E-state index is 12.8. The van der Waals surface area contributed by atoms with E-state index in [-0.39, 0.29) is 30.1 Å². The fourth-order valence-electron chi connectivity index (χ4n) is 5.69. The Balaban J connectivity index is 1.45. The first kappa shape index (κ1) is 35.9. The fourth-order valence-corrected chi connectivity index (χ4v) is 6.92. The van der Waals surface area contributed by atoms with Crippen LogP contribution in [0.15, 0.2) is 41.3 Å². The molecule has 12 nitrogen and oxygen atoms in total. The minimum absolute atomic E-state index is 0.0972. The number of rotatable bonds is 14. The highest BCUT2D eigenvalue weighted by Crippen LogP contribution is 2.44. The van der Waals surface area contributed by atoms with Gasteiger partial charge >= 0.3 is 6.09 Å². The summed E-state index contributed by atoms with van der Waals surface area (Å²) in [7, 11) is -3.76. The number of ether oxygens (including phenoxy) is 4. The van der Waals surface area contributed by atoms with Gasteiger partial charge in [0.05, 0.1) is 43.9 Å². The highest BCUT2D eigenvalue weighted by atomic mass is 35.5. The minimum atomic E-state index is -3.76. The van der Waals surface area contributed by atoms with Crippen molar-refractivity contribution in [3.8, 4) is 5.75 Å². The number of amides is 1. The van der Waals surface area contributed by atoms with Gasteiger partial charge in [0.1, 0.15) is 17.5 Å². The van der Waals surface area contributed by atoms with E-state index in [1.807, 2.05) is 26.8 Å². The Bertz CT molecular complexity index is 1480. The lowest BCUT2D eigenvalue weighted by Gasteiger charge is -2.39. The van der Waals surface area contributed by atoms with Crippen molar-refractivity contribution in [1.29, 1.82) is 0 Å². The third kappa shape index (κ3) is 10.0. The molecule has 0 saturated carbocycles. The number of halogens is 1. The number of nitrogens with zero attached hydrogens (tertiary/aromatic N) is 2. The van der Waals surface area contributed by atoms with Crippen LogP contribution in [0.1, 0.15) is 50.8 Å². The Morgan fingerprint density at radius 3 is 2.52 bits per heavy atom. The molecule has 2 aromatic carbocycles. The number of carbonyl (C=O) groups excluding carboxylic acids is 1. The van der Waals surface area contributed by atoms with Crippen LogP contribution < -0.4 is 20.5 Å². The third-order valence-electron chi connectivity index (χ3n) is 7.63. The van der Waals surface area contributed by atoms with Gasteiger partial charge in [0.15, 0.2) is 5.69 Å². The zero-order chi connectivity index (χ0) is 33.3. The molecule has 0 bridgehead atoms. The summed E-state index contributed by atoms with van der Waals surface area (Å²) in [6.07, 6.45) is 1.34. The van der Waals surface area contributed by atoms with Crippen molar-refractivity contribution in [3.05, 3.63) is 64.0 Å². The van der Waals surface area contributed by atoms with Crippen LogP contribution in [0, 0.1) is 6.57 Å². The van der Waals surface area contributed by atoms with Gasteiger partial charge in [-0.05, 0) is 94.1 Å². The molecule has 0 aromatic heterocycles. The summed E-state index contributed by atoms with van der Waals surface area (Å²) >= 11 is 6.44.